The molecule has 1 aromatic carbocycles. The van der Waals surface area contributed by atoms with Gasteiger partial charge in [0.15, 0.2) is 0 Å². The minimum Gasteiger partial charge on any atom is -0.481 e. The number of hydrogen-bond donors (Lipinski definition) is 1. The second-order valence-corrected chi connectivity index (χ2v) is 5.44. The lowest BCUT2D eigenvalue weighted by molar-refractivity contribution is -0.140. The summed E-state index contributed by atoms with van der Waals surface area (Å²) in [7, 11) is 1.47. The first kappa shape index (κ1) is 16.3. The summed E-state index contributed by atoms with van der Waals surface area (Å²) in [5.74, 6) is -2.27. The molecule has 22 heavy (non-hydrogen) atoms. The maximum Gasteiger partial charge on any atom is 0.416 e. The second kappa shape index (κ2) is 5.98. The zero-order valence-corrected chi connectivity index (χ0v) is 11.9. The molecule has 1 aliphatic rings. The van der Waals surface area contributed by atoms with Gasteiger partial charge in [-0.2, -0.15) is 13.2 Å². The maximum absolute atomic E-state index is 13.0. The van der Waals surface area contributed by atoms with Crippen molar-refractivity contribution in [3.63, 3.8) is 0 Å². The summed E-state index contributed by atoms with van der Waals surface area (Å²) in [6.45, 7) is 0.0539. The number of rotatable bonds is 5. The van der Waals surface area contributed by atoms with E-state index in [0.29, 0.717) is 6.42 Å². The summed E-state index contributed by atoms with van der Waals surface area (Å²) in [5, 5.41) is 8.59. The molecule has 1 aromatic rings. The Hall–Kier alpha value is -2.05. The molecule has 2 rings (SSSR count). The average molecular weight is 315 g/mol. The maximum atomic E-state index is 13.0. The fourth-order valence-corrected chi connectivity index (χ4v) is 2.55. The van der Waals surface area contributed by atoms with Gasteiger partial charge < -0.3 is 10.0 Å². The first-order valence-electron chi connectivity index (χ1n) is 6.84. The molecule has 0 aliphatic heterocycles. The third-order valence-corrected chi connectivity index (χ3v) is 3.81. The van der Waals surface area contributed by atoms with Crippen molar-refractivity contribution in [3.05, 3.63) is 35.4 Å². The van der Waals surface area contributed by atoms with Gasteiger partial charge in [-0.15, -0.1) is 0 Å². The van der Waals surface area contributed by atoms with Crippen LogP contribution in [-0.2, 0) is 15.8 Å². The lowest BCUT2D eigenvalue weighted by Crippen LogP contribution is -2.30. The molecule has 0 radical (unpaired) electrons. The molecule has 1 saturated carbocycles. The molecule has 120 valence electrons. The first-order chi connectivity index (χ1) is 10.2. The minimum atomic E-state index is -4.44. The zero-order chi connectivity index (χ0) is 16.5. The quantitative estimate of drug-likeness (QED) is 0.909. The predicted molar refractivity (Wildman–Crippen MR) is 72.2 cm³/mol. The zero-order valence-electron chi connectivity index (χ0n) is 11.9. The topological polar surface area (TPSA) is 57.6 Å². The van der Waals surface area contributed by atoms with Crippen LogP contribution in [0.3, 0.4) is 0 Å². The number of carbonyl (C=O) groups is 2. The molecule has 1 fully saturated rings. The Bertz CT molecular complexity index is 586. The van der Waals surface area contributed by atoms with E-state index in [1.54, 1.807) is 0 Å². The van der Waals surface area contributed by atoms with E-state index in [0.717, 1.165) is 6.07 Å². The van der Waals surface area contributed by atoms with Crippen LogP contribution >= 0.6 is 0 Å². The number of aliphatic carboxylic acids is 1. The van der Waals surface area contributed by atoms with E-state index in [1.807, 2.05) is 0 Å². The molecular formula is C15H16F3NO3. The van der Waals surface area contributed by atoms with Crippen LogP contribution in [-0.4, -0.2) is 35.5 Å². The van der Waals surface area contributed by atoms with E-state index in [1.165, 1.54) is 30.1 Å². The van der Waals surface area contributed by atoms with Crippen LogP contribution in [0, 0.1) is 5.92 Å². The molecule has 0 spiro atoms. The molecule has 0 unspecified atom stereocenters. The Labute approximate surface area is 125 Å². The van der Waals surface area contributed by atoms with Crippen molar-refractivity contribution in [3.8, 4) is 0 Å². The molecule has 1 amide bonds. The number of carbonyl (C=O) groups excluding carboxylic acids is 1. The number of benzene rings is 1. The summed E-state index contributed by atoms with van der Waals surface area (Å²) in [6.07, 6.45) is -4.26. The van der Waals surface area contributed by atoms with Gasteiger partial charge in [0.25, 0.3) is 0 Å². The van der Waals surface area contributed by atoms with E-state index in [4.69, 9.17) is 5.11 Å². The van der Waals surface area contributed by atoms with Gasteiger partial charge in [0, 0.05) is 19.5 Å². The van der Waals surface area contributed by atoms with Crippen LogP contribution in [0.1, 0.15) is 29.9 Å². The summed E-state index contributed by atoms with van der Waals surface area (Å²) in [5.41, 5.74) is -0.566. The van der Waals surface area contributed by atoms with Gasteiger partial charge in [0.2, 0.25) is 5.91 Å². The van der Waals surface area contributed by atoms with Crippen LogP contribution < -0.4 is 0 Å². The number of hydrogen-bond acceptors (Lipinski definition) is 2. The third-order valence-electron chi connectivity index (χ3n) is 3.81. The fraction of sp³-hybridized carbons (Fsp3) is 0.467. The Balaban J connectivity index is 2.07. The molecule has 7 heteroatoms. The lowest BCUT2D eigenvalue weighted by Gasteiger charge is -2.17. The van der Waals surface area contributed by atoms with Gasteiger partial charge in [-0.05, 0) is 24.0 Å². The molecule has 1 N–H and O–H groups in total. The van der Waals surface area contributed by atoms with Crippen LogP contribution in [0.15, 0.2) is 24.3 Å². The Kier molecular flexibility index (Phi) is 4.44. The van der Waals surface area contributed by atoms with Gasteiger partial charge in [-0.1, -0.05) is 18.2 Å². The number of alkyl halides is 3. The standard InChI is InChI=1S/C15H16F3NO3/c1-19(7-6-13(20)21)14(22)11-8-10(11)9-4-2-3-5-12(9)15(16,17)18/h2-5,10-11H,6-8H2,1H3,(H,20,21)/t10-,11+/m1/s1. The molecule has 0 aromatic heterocycles. The normalized spacial score (nSPS) is 20.5. The third kappa shape index (κ3) is 3.58. The second-order valence-electron chi connectivity index (χ2n) is 5.44. The number of carboxylic acids is 1. The van der Waals surface area contributed by atoms with Gasteiger partial charge in [0.1, 0.15) is 0 Å². The fourth-order valence-electron chi connectivity index (χ4n) is 2.55. The smallest absolute Gasteiger partial charge is 0.416 e. The van der Waals surface area contributed by atoms with E-state index in [-0.39, 0.29) is 24.4 Å². The first-order valence-corrected chi connectivity index (χ1v) is 6.84. The van der Waals surface area contributed by atoms with Crippen LogP contribution in [0.25, 0.3) is 0 Å². The van der Waals surface area contributed by atoms with Crippen molar-refractivity contribution < 1.29 is 27.9 Å². The highest BCUT2D eigenvalue weighted by molar-refractivity contribution is 5.83. The molecular weight excluding hydrogens is 299 g/mol. The molecule has 0 bridgehead atoms. The van der Waals surface area contributed by atoms with E-state index in [9.17, 15) is 22.8 Å². The highest BCUT2D eigenvalue weighted by Crippen LogP contribution is 2.51. The minimum absolute atomic E-state index is 0.0539. The van der Waals surface area contributed by atoms with Gasteiger partial charge >= 0.3 is 12.1 Å². The summed E-state index contributed by atoms with van der Waals surface area (Å²) in [4.78, 5) is 23.9. The lowest BCUT2D eigenvalue weighted by atomic mass is 10.0. The molecule has 4 nitrogen and oxygen atoms in total. The molecule has 2 atom stereocenters. The highest BCUT2D eigenvalue weighted by Gasteiger charge is 2.48. The number of halogens is 3. The number of nitrogens with zero attached hydrogens (tertiary/aromatic N) is 1. The van der Waals surface area contributed by atoms with E-state index >= 15 is 0 Å². The molecule has 0 saturated heterocycles. The Morgan fingerprint density at radius 2 is 1.95 bits per heavy atom. The van der Waals surface area contributed by atoms with Crippen molar-refractivity contribution in [1.29, 1.82) is 0 Å². The summed E-state index contributed by atoms with van der Waals surface area (Å²) in [6, 6.07) is 5.27. The van der Waals surface area contributed by atoms with Crippen LogP contribution in [0.5, 0.6) is 0 Å². The van der Waals surface area contributed by atoms with Crippen LogP contribution in [0.2, 0.25) is 0 Å². The monoisotopic (exact) mass is 315 g/mol. The van der Waals surface area contributed by atoms with Crippen molar-refractivity contribution in [2.45, 2.75) is 24.9 Å². The predicted octanol–water partition coefficient (Wildman–Crippen LogP) is 2.74. The van der Waals surface area contributed by atoms with Gasteiger partial charge in [-0.3, -0.25) is 9.59 Å². The van der Waals surface area contributed by atoms with Crippen molar-refractivity contribution in [2.24, 2.45) is 5.92 Å². The van der Waals surface area contributed by atoms with Crippen molar-refractivity contribution in [2.75, 3.05) is 13.6 Å². The summed E-state index contributed by atoms with van der Waals surface area (Å²) < 4.78 is 38.9. The van der Waals surface area contributed by atoms with Gasteiger partial charge in [-0.25, -0.2) is 0 Å². The van der Waals surface area contributed by atoms with Crippen molar-refractivity contribution in [1.82, 2.24) is 4.90 Å². The summed E-state index contributed by atoms with van der Waals surface area (Å²) >= 11 is 0. The van der Waals surface area contributed by atoms with E-state index in [2.05, 4.69) is 0 Å². The average Bonchev–Trinajstić information content (AvgIpc) is 3.23. The number of carboxylic acid groups (broad SMARTS) is 1. The van der Waals surface area contributed by atoms with E-state index < -0.39 is 29.5 Å². The Morgan fingerprint density at radius 3 is 2.55 bits per heavy atom. The van der Waals surface area contributed by atoms with Gasteiger partial charge in [0.05, 0.1) is 12.0 Å². The van der Waals surface area contributed by atoms with Crippen molar-refractivity contribution >= 4 is 11.9 Å². The molecule has 0 heterocycles. The Morgan fingerprint density at radius 1 is 1.32 bits per heavy atom. The largest absolute Gasteiger partial charge is 0.481 e. The SMILES string of the molecule is CN(CCC(=O)O)C(=O)[C@H]1C[C@@H]1c1ccccc1C(F)(F)F. The molecule has 1 aliphatic carbocycles. The highest BCUT2D eigenvalue weighted by atomic mass is 19.4. The van der Waals surface area contributed by atoms with Crippen LogP contribution in [0.4, 0.5) is 13.2 Å². The number of amides is 1.